The number of hydrogen-bond donors (Lipinski definition) is 3. The minimum Gasteiger partial charge on any atom is -0.463 e. The molecule has 6 heteroatoms. The summed E-state index contributed by atoms with van der Waals surface area (Å²) in [5, 5.41) is 8.66. The second-order valence-corrected chi connectivity index (χ2v) is 3.41. The van der Waals surface area contributed by atoms with Crippen LogP contribution in [-0.2, 0) is 0 Å². The first-order chi connectivity index (χ1) is 6.54. The Morgan fingerprint density at radius 1 is 1.36 bits per heavy atom. The first kappa shape index (κ1) is 11.1. The van der Waals surface area contributed by atoms with Crippen molar-refractivity contribution in [3.05, 3.63) is 29.8 Å². The number of anilines is 1. The van der Waals surface area contributed by atoms with Crippen LogP contribution in [0.5, 0.6) is 0 Å². The predicted octanol–water partition coefficient (Wildman–Crippen LogP) is 2.39. The topological polar surface area (TPSA) is 43.8 Å². The van der Waals surface area contributed by atoms with Crippen molar-refractivity contribution in [3.8, 4) is 0 Å². The first-order valence-corrected chi connectivity index (χ1v) is 4.60. The van der Waals surface area contributed by atoms with E-state index in [4.69, 9.17) is 5.11 Å². The minimum absolute atomic E-state index is 0.674. The lowest BCUT2D eigenvalue weighted by Gasteiger charge is -2.25. The SMILES string of the molecule is Cc1ccccc1N(S)N(S)C(=O)O. The van der Waals surface area contributed by atoms with Crippen molar-refractivity contribution in [3.63, 3.8) is 0 Å². The van der Waals surface area contributed by atoms with Crippen molar-refractivity contribution in [1.82, 2.24) is 4.41 Å². The molecule has 0 saturated heterocycles. The lowest BCUT2D eigenvalue weighted by atomic mass is 10.2. The number of para-hydroxylation sites is 1. The molecule has 1 N–H and O–H groups in total. The molecule has 1 rings (SSSR count). The van der Waals surface area contributed by atoms with Gasteiger partial charge in [-0.05, 0) is 44.2 Å². The molecule has 1 aromatic rings. The maximum absolute atomic E-state index is 10.6. The third-order valence-corrected chi connectivity index (χ3v) is 2.57. The van der Waals surface area contributed by atoms with E-state index in [0.29, 0.717) is 10.1 Å². The molecule has 0 heterocycles. The zero-order valence-electron chi connectivity index (χ0n) is 7.45. The molecule has 0 aromatic heterocycles. The Balaban J connectivity index is 2.94. The number of hydrogen-bond acceptors (Lipinski definition) is 4. The molecule has 76 valence electrons. The van der Waals surface area contributed by atoms with Crippen molar-refractivity contribution in [2.75, 3.05) is 4.41 Å². The molecule has 0 fully saturated rings. The lowest BCUT2D eigenvalue weighted by molar-refractivity contribution is 0.178. The van der Waals surface area contributed by atoms with Crippen molar-refractivity contribution in [2.45, 2.75) is 6.92 Å². The Hall–Kier alpha value is -1.01. The Labute approximate surface area is 93.2 Å². The molecule has 0 aliphatic heterocycles. The van der Waals surface area contributed by atoms with Crippen molar-refractivity contribution < 1.29 is 9.90 Å². The zero-order valence-corrected chi connectivity index (χ0v) is 9.24. The van der Waals surface area contributed by atoms with Crippen LogP contribution >= 0.6 is 25.6 Å². The van der Waals surface area contributed by atoms with Crippen LogP contribution in [-0.4, -0.2) is 15.6 Å². The van der Waals surface area contributed by atoms with Gasteiger partial charge in [-0.25, -0.2) is 9.21 Å². The average molecular weight is 230 g/mol. The van der Waals surface area contributed by atoms with Gasteiger partial charge in [-0.3, -0.25) is 0 Å². The number of benzene rings is 1. The number of carboxylic acid groups (broad SMARTS) is 1. The van der Waals surface area contributed by atoms with Gasteiger partial charge in [0, 0.05) is 0 Å². The smallest absolute Gasteiger partial charge is 0.437 e. The molecule has 0 radical (unpaired) electrons. The van der Waals surface area contributed by atoms with E-state index in [9.17, 15) is 4.79 Å². The van der Waals surface area contributed by atoms with Crippen LogP contribution in [0, 0.1) is 6.92 Å². The van der Waals surface area contributed by atoms with Gasteiger partial charge in [0.05, 0.1) is 5.69 Å². The summed E-state index contributed by atoms with van der Waals surface area (Å²) in [6, 6.07) is 7.29. The number of nitrogens with zero attached hydrogens (tertiary/aromatic N) is 2. The molecule has 0 atom stereocenters. The summed E-state index contributed by atoms with van der Waals surface area (Å²) in [5.41, 5.74) is 1.59. The van der Waals surface area contributed by atoms with Gasteiger partial charge in [-0.1, -0.05) is 18.2 Å². The van der Waals surface area contributed by atoms with E-state index in [0.717, 1.165) is 9.98 Å². The third kappa shape index (κ3) is 2.27. The Morgan fingerprint density at radius 2 is 1.93 bits per heavy atom. The fourth-order valence-electron chi connectivity index (χ4n) is 0.971. The van der Waals surface area contributed by atoms with E-state index in [2.05, 4.69) is 25.6 Å². The number of thiol groups is 2. The third-order valence-electron chi connectivity index (χ3n) is 1.68. The van der Waals surface area contributed by atoms with Crippen LogP contribution in [0.15, 0.2) is 24.3 Å². The molecule has 0 unspecified atom stereocenters. The maximum Gasteiger partial charge on any atom is 0.437 e. The van der Waals surface area contributed by atoms with Crippen molar-refractivity contribution in [1.29, 1.82) is 0 Å². The molecule has 0 aliphatic carbocycles. The van der Waals surface area contributed by atoms with Gasteiger partial charge < -0.3 is 5.11 Å². The number of amides is 1. The van der Waals surface area contributed by atoms with E-state index >= 15 is 0 Å². The van der Waals surface area contributed by atoms with Gasteiger partial charge in [0.1, 0.15) is 0 Å². The lowest BCUT2D eigenvalue weighted by Crippen LogP contribution is -2.32. The Morgan fingerprint density at radius 3 is 2.43 bits per heavy atom. The monoisotopic (exact) mass is 230 g/mol. The number of hydrazine groups is 1. The molecule has 4 nitrogen and oxygen atoms in total. The highest BCUT2D eigenvalue weighted by Crippen LogP contribution is 2.23. The quantitative estimate of drug-likeness (QED) is 0.540. The van der Waals surface area contributed by atoms with Crippen LogP contribution in [0.3, 0.4) is 0 Å². The molecule has 14 heavy (non-hydrogen) atoms. The fourth-order valence-corrected chi connectivity index (χ4v) is 1.37. The molecule has 0 bridgehead atoms. The summed E-state index contributed by atoms with van der Waals surface area (Å²) in [4.78, 5) is 10.6. The Bertz CT molecular complexity index is 346. The number of rotatable bonds is 2. The fraction of sp³-hybridized carbons (Fsp3) is 0.125. The summed E-state index contributed by atoms with van der Waals surface area (Å²) in [5.74, 6) is 0. The largest absolute Gasteiger partial charge is 0.463 e. The van der Waals surface area contributed by atoms with Gasteiger partial charge >= 0.3 is 6.09 Å². The van der Waals surface area contributed by atoms with Gasteiger partial charge in [0.2, 0.25) is 0 Å². The molecule has 0 aliphatic rings. The second-order valence-electron chi connectivity index (χ2n) is 2.65. The van der Waals surface area contributed by atoms with E-state index in [-0.39, 0.29) is 0 Å². The van der Waals surface area contributed by atoms with E-state index in [1.54, 1.807) is 12.1 Å². The predicted molar refractivity (Wildman–Crippen MR) is 61.5 cm³/mol. The summed E-state index contributed by atoms with van der Waals surface area (Å²) < 4.78 is 1.85. The van der Waals surface area contributed by atoms with Crippen LogP contribution in [0.25, 0.3) is 0 Å². The molecule has 1 aromatic carbocycles. The average Bonchev–Trinajstić information content (AvgIpc) is 2.16. The molecule has 1 amide bonds. The molecule has 0 saturated carbocycles. The van der Waals surface area contributed by atoms with E-state index in [1.807, 2.05) is 19.1 Å². The van der Waals surface area contributed by atoms with Crippen LogP contribution < -0.4 is 4.41 Å². The van der Waals surface area contributed by atoms with Crippen LogP contribution in [0.4, 0.5) is 10.5 Å². The highest BCUT2D eigenvalue weighted by Gasteiger charge is 2.15. The van der Waals surface area contributed by atoms with Crippen molar-refractivity contribution >= 4 is 37.4 Å². The van der Waals surface area contributed by atoms with E-state index < -0.39 is 6.09 Å². The zero-order chi connectivity index (χ0) is 10.7. The van der Waals surface area contributed by atoms with Gasteiger partial charge in [0.25, 0.3) is 0 Å². The molecule has 0 spiro atoms. The summed E-state index contributed by atoms with van der Waals surface area (Å²) >= 11 is 7.79. The Kier molecular flexibility index (Phi) is 3.54. The highest BCUT2D eigenvalue weighted by molar-refractivity contribution is 7.84. The normalized spacial score (nSPS) is 9.64. The standard InChI is InChI=1S/C8H10N2O2S2/c1-6-4-2-3-5-7(6)9(13)10(14)8(11)12/h2-5,13-14H,1H3,(H,11,12). The first-order valence-electron chi connectivity index (χ1n) is 3.80. The van der Waals surface area contributed by atoms with Crippen LogP contribution in [0.1, 0.15) is 5.56 Å². The van der Waals surface area contributed by atoms with E-state index in [1.165, 1.54) is 0 Å². The minimum atomic E-state index is -1.19. The number of carbonyl (C=O) groups is 1. The summed E-state index contributed by atoms with van der Waals surface area (Å²) in [6.07, 6.45) is -1.19. The summed E-state index contributed by atoms with van der Waals surface area (Å²) in [7, 11) is 0. The summed E-state index contributed by atoms with van der Waals surface area (Å²) in [6.45, 7) is 1.86. The van der Waals surface area contributed by atoms with Crippen molar-refractivity contribution in [2.24, 2.45) is 0 Å². The molecular formula is C8H10N2O2S2. The molecular weight excluding hydrogens is 220 g/mol. The van der Waals surface area contributed by atoms with Crippen LogP contribution in [0.2, 0.25) is 0 Å². The van der Waals surface area contributed by atoms with Gasteiger partial charge in [-0.2, -0.15) is 4.41 Å². The van der Waals surface area contributed by atoms with Gasteiger partial charge in [0.15, 0.2) is 0 Å². The number of aryl methyl sites for hydroxylation is 1. The highest BCUT2D eigenvalue weighted by atomic mass is 32.1. The second kappa shape index (κ2) is 4.47. The maximum atomic E-state index is 10.6. The van der Waals surface area contributed by atoms with Gasteiger partial charge in [-0.15, -0.1) is 0 Å².